The number of carbonyl (C=O) groups is 1. The molecular weight excluding hydrogens is 216 g/mol. The average Bonchev–Trinajstić information content (AvgIpc) is 2.71. The van der Waals surface area contributed by atoms with Gasteiger partial charge in [0, 0.05) is 19.1 Å². The van der Waals surface area contributed by atoms with Gasteiger partial charge in [-0.25, -0.2) is 5.84 Å². The van der Waals surface area contributed by atoms with Crippen molar-refractivity contribution in [1.29, 1.82) is 0 Å². The van der Waals surface area contributed by atoms with E-state index in [2.05, 4.69) is 36.2 Å². The Morgan fingerprint density at radius 2 is 2.24 bits per heavy atom. The molecule has 1 rings (SSSR count). The molecule has 0 saturated carbocycles. The molecular formula is C12H26N4O. The average molecular weight is 242 g/mol. The van der Waals surface area contributed by atoms with Gasteiger partial charge in [-0.2, -0.15) is 0 Å². The molecule has 3 N–H and O–H groups in total. The van der Waals surface area contributed by atoms with Crippen LogP contribution in [0.25, 0.3) is 0 Å². The second-order valence-corrected chi connectivity index (χ2v) is 5.39. The molecule has 0 radical (unpaired) electrons. The Morgan fingerprint density at radius 1 is 1.59 bits per heavy atom. The summed E-state index contributed by atoms with van der Waals surface area (Å²) in [5.41, 5.74) is 2.23. The molecule has 100 valence electrons. The largest absolute Gasteiger partial charge is 0.306 e. The Labute approximate surface area is 104 Å². The van der Waals surface area contributed by atoms with Gasteiger partial charge in [0.15, 0.2) is 0 Å². The zero-order valence-corrected chi connectivity index (χ0v) is 11.4. The van der Waals surface area contributed by atoms with Crippen LogP contribution in [-0.4, -0.2) is 55.5 Å². The van der Waals surface area contributed by atoms with E-state index in [0.29, 0.717) is 0 Å². The molecule has 1 aliphatic rings. The Bertz CT molecular complexity index is 259. The smallest absolute Gasteiger partial charge is 0.238 e. The highest BCUT2D eigenvalue weighted by Crippen LogP contribution is 2.18. The molecule has 1 fully saturated rings. The van der Waals surface area contributed by atoms with Crippen molar-refractivity contribution in [3.8, 4) is 0 Å². The molecule has 0 aromatic rings. The van der Waals surface area contributed by atoms with Crippen molar-refractivity contribution in [2.75, 3.05) is 33.7 Å². The highest BCUT2D eigenvalue weighted by atomic mass is 16.2. The third-order valence-corrected chi connectivity index (χ3v) is 4.01. The lowest BCUT2D eigenvalue weighted by molar-refractivity contribution is -0.126. The topological polar surface area (TPSA) is 61.6 Å². The summed E-state index contributed by atoms with van der Waals surface area (Å²) in [5, 5.41) is 0. The maximum absolute atomic E-state index is 11.5. The van der Waals surface area contributed by atoms with Crippen LogP contribution in [0.2, 0.25) is 0 Å². The van der Waals surface area contributed by atoms with Gasteiger partial charge in [-0.3, -0.25) is 10.2 Å². The van der Waals surface area contributed by atoms with E-state index in [9.17, 15) is 4.79 Å². The summed E-state index contributed by atoms with van der Waals surface area (Å²) in [4.78, 5) is 16.1. The van der Waals surface area contributed by atoms with E-state index >= 15 is 0 Å². The molecule has 0 aliphatic carbocycles. The van der Waals surface area contributed by atoms with Gasteiger partial charge in [-0.05, 0) is 39.9 Å². The molecule has 3 atom stereocenters. The number of nitrogens with zero attached hydrogens (tertiary/aromatic N) is 2. The molecule has 3 unspecified atom stereocenters. The predicted octanol–water partition coefficient (Wildman–Crippen LogP) is -0.116. The molecule has 0 aromatic carbocycles. The quantitative estimate of drug-likeness (QED) is 0.401. The van der Waals surface area contributed by atoms with Crippen LogP contribution >= 0.6 is 0 Å². The minimum Gasteiger partial charge on any atom is -0.306 e. The molecule has 0 bridgehead atoms. The van der Waals surface area contributed by atoms with E-state index in [1.165, 1.54) is 13.0 Å². The zero-order valence-electron chi connectivity index (χ0n) is 11.4. The van der Waals surface area contributed by atoms with Crippen LogP contribution < -0.4 is 11.3 Å². The number of hydrogen-bond donors (Lipinski definition) is 2. The molecule has 1 aliphatic heterocycles. The molecule has 0 spiro atoms. The highest BCUT2D eigenvalue weighted by Gasteiger charge is 2.26. The summed E-state index contributed by atoms with van der Waals surface area (Å²) < 4.78 is 0. The highest BCUT2D eigenvalue weighted by molar-refractivity contribution is 5.78. The van der Waals surface area contributed by atoms with Gasteiger partial charge in [-0.1, -0.05) is 6.92 Å². The van der Waals surface area contributed by atoms with Gasteiger partial charge in [0.2, 0.25) is 5.91 Å². The van der Waals surface area contributed by atoms with Crippen molar-refractivity contribution >= 4 is 5.91 Å². The lowest BCUT2D eigenvalue weighted by Gasteiger charge is -2.30. The van der Waals surface area contributed by atoms with Crippen LogP contribution in [0.1, 0.15) is 20.3 Å². The number of hydrazine groups is 1. The monoisotopic (exact) mass is 242 g/mol. The lowest BCUT2D eigenvalue weighted by atomic mass is 10.00. The van der Waals surface area contributed by atoms with Gasteiger partial charge in [0.25, 0.3) is 0 Å². The van der Waals surface area contributed by atoms with Crippen molar-refractivity contribution in [3.63, 3.8) is 0 Å². The minimum atomic E-state index is -0.0899. The third-order valence-electron chi connectivity index (χ3n) is 4.01. The second-order valence-electron chi connectivity index (χ2n) is 5.39. The number of nitrogens with two attached hydrogens (primary N) is 1. The van der Waals surface area contributed by atoms with Gasteiger partial charge >= 0.3 is 0 Å². The summed E-state index contributed by atoms with van der Waals surface area (Å²) in [7, 11) is 4.25. The SMILES string of the molecule is CC(C(=O)NN)C(C)N(C)CC1CCN(C)C1. The van der Waals surface area contributed by atoms with Crippen molar-refractivity contribution < 1.29 is 4.79 Å². The normalized spacial score (nSPS) is 24.9. The Morgan fingerprint density at radius 3 is 2.71 bits per heavy atom. The maximum atomic E-state index is 11.5. The van der Waals surface area contributed by atoms with Crippen LogP contribution in [0.5, 0.6) is 0 Å². The molecule has 5 heteroatoms. The number of hydrogen-bond acceptors (Lipinski definition) is 4. The maximum Gasteiger partial charge on any atom is 0.238 e. The van der Waals surface area contributed by atoms with Crippen LogP contribution in [0.3, 0.4) is 0 Å². The number of amides is 1. The van der Waals surface area contributed by atoms with Gasteiger partial charge in [0.05, 0.1) is 5.92 Å². The first kappa shape index (κ1) is 14.4. The molecule has 1 saturated heterocycles. The second kappa shape index (κ2) is 6.33. The fourth-order valence-electron chi connectivity index (χ4n) is 2.48. The lowest BCUT2D eigenvalue weighted by Crippen LogP contribution is -2.46. The Hall–Kier alpha value is -0.650. The summed E-state index contributed by atoms with van der Waals surface area (Å²) >= 11 is 0. The molecule has 1 heterocycles. The first-order chi connectivity index (χ1) is 7.95. The summed E-state index contributed by atoms with van der Waals surface area (Å²) in [5.74, 6) is 5.72. The van der Waals surface area contributed by atoms with Crippen molar-refractivity contribution in [2.24, 2.45) is 17.7 Å². The summed E-state index contributed by atoms with van der Waals surface area (Å²) in [6, 6.07) is 0.212. The number of nitrogens with one attached hydrogen (secondary N) is 1. The first-order valence-corrected chi connectivity index (χ1v) is 6.35. The molecule has 0 aromatic heterocycles. The van der Waals surface area contributed by atoms with Crippen molar-refractivity contribution in [3.05, 3.63) is 0 Å². The molecule has 1 amide bonds. The zero-order chi connectivity index (χ0) is 13.0. The fourth-order valence-corrected chi connectivity index (χ4v) is 2.48. The van der Waals surface area contributed by atoms with Crippen LogP contribution in [-0.2, 0) is 4.79 Å². The summed E-state index contributed by atoms with van der Waals surface area (Å²) in [6.07, 6.45) is 1.25. The Kier molecular flexibility index (Phi) is 5.36. The fraction of sp³-hybridized carbons (Fsp3) is 0.917. The van der Waals surface area contributed by atoms with E-state index in [1.54, 1.807) is 0 Å². The van der Waals surface area contributed by atoms with E-state index in [-0.39, 0.29) is 17.9 Å². The first-order valence-electron chi connectivity index (χ1n) is 6.35. The predicted molar refractivity (Wildman–Crippen MR) is 69.2 cm³/mol. The van der Waals surface area contributed by atoms with E-state index < -0.39 is 0 Å². The van der Waals surface area contributed by atoms with E-state index in [1.807, 2.05) is 6.92 Å². The van der Waals surface area contributed by atoms with Crippen molar-refractivity contribution in [1.82, 2.24) is 15.2 Å². The molecule has 5 nitrogen and oxygen atoms in total. The minimum absolute atomic E-state index is 0.0795. The van der Waals surface area contributed by atoms with E-state index in [0.717, 1.165) is 19.0 Å². The number of likely N-dealkylation sites (tertiary alicyclic amines) is 1. The summed E-state index contributed by atoms with van der Waals surface area (Å²) in [6.45, 7) is 7.40. The van der Waals surface area contributed by atoms with Gasteiger partial charge in [-0.15, -0.1) is 0 Å². The van der Waals surface area contributed by atoms with Crippen LogP contribution in [0.15, 0.2) is 0 Å². The van der Waals surface area contributed by atoms with E-state index in [4.69, 9.17) is 5.84 Å². The third kappa shape index (κ3) is 3.94. The van der Waals surface area contributed by atoms with Crippen molar-refractivity contribution in [2.45, 2.75) is 26.3 Å². The number of rotatable bonds is 5. The number of carbonyl (C=O) groups excluding carboxylic acids is 1. The Balaban J connectivity index is 2.41. The standard InChI is InChI=1S/C12H26N4O/c1-9(12(17)14-13)10(2)16(4)8-11-5-6-15(3)7-11/h9-11H,5-8,13H2,1-4H3,(H,14,17). The van der Waals surface area contributed by atoms with Crippen LogP contribution in [0.4, 0.5) is 0 Å². The van der Waals surface area contributed by atoms with Gasteiger partial charge < -0.3 is 9.80 Å². The van der Waals surface area contributed by atoms with Gasteiger partial charge in [0.1, 0.15) is 0 Å². The molecule has 17 heavy (non-hydrogen) atoms. The van der Waals surface area contributed by atoms with Crippen LogP contribution in [0, 0.1) is 11.8 Å².